The van der Waals surface area contributed by atoms with Crippen molar-refractivity contribution < 1.29 is 14.3 Å². The molecule has 0 amide bonds. The summed E-state index contributed by atoms with van der Waals surface area (Å²) in [5.74, 6) is 0.526. The van der Waals surface area contributed by atoms with Gasteiger partial charge in [0.2, 0.25) is 0 Å². The number of hydrogen-bond donors (Lipinski definition) is 0. The molecule has 0 fully saturated rings. The van der Waals surface area contributed by atoms with Crippen molar-refractivity contribution in [2.24, 2.45) is 0 Å². The molecule has 0 aromatic heterocycles. The molecule has 1 aromatic carbocycles. The molecule has 0 N–H and O–H groups in total. The molecular formula is C9H8BrClO3. The molecule has 0 atom stereocenters. The predicted octanol–water partition coefficient (Wildman–Crippen LogP) is 2.90. The molecule has 14 heavy (non-hydrogen) atoms. The number of halogens is 2. The molecule has 0 heterocycles. The molecule has 0 saturated heterocycles. The summed E-state index contributed by atoms with van der Waals surface area (Å²) in [7, 11) is 1.52. The maximum Gasteiger partial charge on any atom is 0.188 e. The number of aldehydes is 1. The van der Waals surface area contributed by atoms with Gasteiger partial charge in [-0.15, -0.1) is 0 Å². The Hall–Kier alpha value is -0.580. The summed E-state index contributed by atoms with van der Waals surface area (Å²) in [5, 5.41) is 0.386. The second kappa shape index (κ2) is 5.34. The minimum atomic E-state index is 0.124. The fourth-order valence-corrected chi connectivity index (χ4v) is 1.67. The molecule has 1 aromatic rings. The highest BCUT2D eigenvalue weighted by Gasteiger charge is 2.07. The van der Waals surface area contributed by atoms with Crippen molar-refractivity contribution in [3.05, 3.63) is 27.2 Å². The molecule has 0 spiro atoms. The third-order valence-corrected chi connectivity index (χ3v) is 2.46. The van der Waals surface area contributed by atoms with Crippen LogP contribution in [0.3, 0.4) is 0 Å². The van der Waals surface area contributed by atoms with Crippen LogP contribution >= 0.6 is 27.5 Å². The smallest absolute Gasteiger partial charge is 0.188 e. The van der Waals surface area contributed by atoms with E-state index in [0.717, 1.165) is 0 Å². The highest BCUT2D eigenvalue weighted by molar-refractivity contribution is 9.10. The van der Waals surface area contributed by atoms with Gasteiger partial charge in [-0.1, -0.05) is 11.6 Å². The molecule has 0 saturated carbocycles. The highest BCUT2D eigenvalue weighted by atomic mass is 79.9. The number of rotatable bonds is 4. The van der Waals surface area contributed by atoms with E-state index in [9.17, 15) is 4.79 Å². The second-order valence-electron chi connectivity index (χ2n) is 2.47. The summed E-state index contributed by atoms with van der Waals surface area (Å²) in [5.41, 5.74) is 0.390. The van der Waals surface area contributed by atoms with Crippen LogP contribution in [0.15, 0.2) is 16.6 Å². The first-order valence-electron chi connectivity index (χ1n) is 3.75. The summed E-state index contributed by atoms with van der Waals surface area (Å²) in [6.07, 6.45) is 0.675. The van der Waals surface area contributed by atoms with Crippen molar-refractivity contribution in [1.82, 2.24) is 0 Å². The minimum absolute atomic E-state index is 0.124. The summed E-state index contributed by atoms with van der Waals surface area (Å²) in [6, 6.07) is 3.16. The number of hydrogen-bond acceptors (Lipinski definition) is 3. The van der Waals surface area contributed by atoms with Gasteiger partial charge in [-0.05, 0) is 28.1 Å². The number of carbonyl (C=O) groups excluding carboxylic acids is 1. The van der Waals surface area contributed by atoms with Gasteiger partial charge in [0.25, 0.3) is 0 Å². The number of carbonyl (C=O) groups is 1. The van der Waals surface area contributed by atoms with Crippen molar-refractivity contribution in [2.45, 2.75) is 0 Å². The zero-order chi connectivity index (χ0) is 10.6. The first-order valence-corrected chi connectivity index (χ1v) is 4.92. The fraction of sp³-hybridized carbons (Fsp3) is 0.222. The summed E-state index contributed by atoms with van der Waals surface area (Å²) in [6.45, 7) is 0.124. The molecule has 0 radical (unpaired) electrons. The topological polar surface area (TPSA) is 35.5 Å². The minimum Gasteiger partial charge on any atom is -0.466 e. The maximum atomic E-state index is 10.6. The lowest BCUT2D eigenvalue weighted by Gasteiger charge is -2.08. The van der Waals surface area contributed by atoms with Gasteiger partial charge in [0.05, 0.1) is 9.50 Å². The maximum absolute atomic E-state index is 10.6. The fourth-order valence-electron chi connectivity index (χ4n) is 0.868. The van der Waals surface area contributed by atoms with Crippen LogP contribution in [0.25, 0.3) is 0 Å². The van der Waals surface area contributed by atoms with E-state index in [1.165, 1.54) is 7.11 Å². The third kappa shape index (κ3) is 2.70. The van der Waals surface area contributed by atoms with Crippen molar-refractivity contribution in [3.8, 4) is 5.75 Å². The van der Waals surface area contributed by atoms with Gasteiger partial charge in [-0.2, -0.15) is 0 Å². The van der Waals surface area contributed by atoms with E-state index in [-0.39, 0.29) is 6.79 Å². The van der Waals surface area contributed by atoms with Crippen molar-refractivity contribution >= 4 is 33.8 Å². The molecule has 0 bridgehead atoms. The predicted molar refractivity (Wildman–Crippen MR) is 57.0 cm³/mol. The standard InChI is InChI=1S/C9H8BrClO3/c1-13-5-14-9-2-6(4-12)8(11)3-7(9)10/h2-4H,5H2,1H3. The van der Waals surface area contributed by atoms with Gasteiger partial charge < -0.3 is 9.47 Å². The van der Waals surface area contributed by atoms with Gasteiger partial charge in [-0.25, -0.2) is 0 Å². The number of benzene rings is 1. The van der Waals surface area contributed by atoms with Gasteiger partial charge in [0, 0.05) is 12.7 Å². The molecule has 0 aliphatic carbocycles. The van der Waals surface area contributed by atoms with Gasteiger partial charge >= 0.3 is 0 Å². The molecule has 0 aliphatic heterocycles. The van der Waals surface area contributed by atoms with Crippen LogP contribution in [0.1, 0.15) is 10.4 Å². The zero-order valence-corrected chi connectivity index (χ0v) is 9.76. The van der Waals surface area contributed by atoms with Crippen LogP contribution in [0, 0.1) is 0 Å². The Morgan fingerprint density at radius 2 is 2.29 bits per heavy atom. The molecular weight excluding hydrogens is 271 g/mol. The van der Waals surface area contributed by atoms with Gasteiger partial charge in [0.15, 0.2) is 13.1 Å². The van der Waals surface area contributed by atoms with Gasteiger partial charge in [-0.3, -0.25) is 4.79 Å². The molecule has 0 aliphatic rings. The summed E-state index contributed by atoms with van der Waals surface area (Å²) in [4.78, 5) is 10.6. The molecule has 1 rings (SSSR count). The Kier molecular flexibility index (Phi) is 4.38. The number of ether oxygens (including phenoxy) is 2. The van der Waals surface area contributed by atoms with Crippen LogP contribution in [-0.4, -0.2) is 20.2 Å². The molecule has 76 valence electrons. The van der Waals surface area contributed by atoms with E-state index in [2.05, 4.69) is 15.9 Å². The van der Waals surface area contributed by atoms with E-state index in [1.807, 2.05) is 0 Å². The Morgan fingerprint density at radius 3 is 2.86 bits per heavy atom. The summed E-state index contributed by atoms with van der Waals surface area (Å²) < 4.78 is 10.6. The third-order valence-electron chi connectivity index (χ3n) is 1.51. The van der Waals surface area contributed by atoms with E-state index in [0.29, 0.717) is 27.1 Å². The van der Waals surface area contributed by atoms with E-state index in [1.54, 1.807) is 12.1 Å². The first-order chi connectivity index (χ1) is 6.69. The van der Waals surface area contributed by atoms with Gasteiger partial charge in [0.1, 0.15) is 5.75 Å². The Balaban J connectivity index is 2.98. The quantitative estimate of drug-likeness (QED) is 0.628. The average Bonchev–Trinajstić information content (AvgIpc) is 2.17. The van der Waals surface area contributed by atoms with Crippen LogP contribution < -0.4 is 4.74 Å². The molecule has 5 heteroatoms. The summed E-state index contributed by atoms with van der Waals surface area (Å²) >= 11 is 9.05. The average molecular weight is 280 g/mol. The van der Waals surface area contributed by atoms with Crippen molar-refractivity contribution in [3.63, 3.8) is 0 Å². The van der Waals surface area contributed by atoms with Crippen LogP contribution in [0.4, 0.5) is 0 Å². The SMILES string of the molecule is COCOc1cc(C=O)c(Cl)cc1Br. The monoisotopic (exact) mass is 278 g/mol. The van der Waals surface area contributed by atoms with Crippen molar-refractivity contribution in [2.75, 3.05) is 13.9 Å². The second-order valence-corrected chi connectivity index (χ2v) is 3.73. The largest absolute Gasteiger partial charge is 0.466 e. The lowest BCUT2D eigenvalue weighted by atomic mass is 10.2. The van der Waals surface area contributed by atoms with Crippen LogP contribution in [0.5, 0.6) is 5.75 Å². The Bertz CT molecular complexity index is 341. The lowest BCUT2D eigenvalue weighted by molar-refractivity contribution is 0.0505. The highest BCUT2D eigenvalue weighted by Crippen LogP contribution is 2.30. The zero-order valence-electron chi connectivity index (χ0n) is 7.42. The van der Waals surface area contributed by atoms with Crippen LogP contribution in [-0.2, 0) is 4.74 Å². The van der Waals surface area contributed by atoms with E-state index >= 15 is 0 Å². The number of methoxy groups -OCH3 is 1. The van der Waals surface area contributed by atoms with E-state index < -0.39 is 0 Å². The first kappa shape index (κ1) is 11.5. The molecule has 0 unspecified atom stereocenters. The Labute approximate surface area is 95.1 Å². The van der Waals surface area contributed by atoms with Crippen molar-refractivity contribution in [1.29, 1.82) is 0 Å². The van der Waals surface area contributed by atoms with E-state index in [4.69, 9.17) is 21.1 Å². The van der Waals surface area contributed by atoms with Crippen LogP contribution in [0.2, 0.25) is 5.02 Å². The Morgan fingerprint density at radius 1 is 1.57 bits per heavy atom. The molecule has 3 nitrogen and oxygen atoms in total. The lowest BCUT2D eigenvalue weighted by Crippen LogP contribution is -2.00. The normalized spacial score (nSPS) is 9.93.